The molecule has 0 aliphatic carbocycles. The van der Waals surface area contributed by atoms with Crippen LogP contribution in [0.1, 0.15) is 23.6 Å². The summed E-state index contributed by atoms with van der Waals surface area (Å²) in [5, 5.41) is 4.43. The molecule has 1 heterocycles. The summed E-state index contributed by atoms with van der Waals surface area (Å²) < 4.78 is 72.4. The Morgan fingerprint density at radius 2 is 1.68 bits per heavy atom. The Morgan fingerprint density at radius 1 is 1.00 bits per heavy atom. The molecule has 3 aromatic carbocycles. The molecule has 1 unspecified atom stereocenters. The number of nitrogens with one attached hydrogen (secondary N) is 1. The van der Waals surface area contributed by atoms with E-state index in [9.17, 15) is 21.2 Å². The number of nitrogens with zero attached hydrogens (tertiary/aromatic N) is 2. The minimum atomic E-state index is -4.07. The quantitative estimate of drug-likeness (QED) is 0.529. The molecule has 178 valence electrons. The average Bonchev–Trinajstić information content (AvgIpc) is 3.25. The summed E-state index contributed by atoms with van der Waals surface area (Å²) >= 11 is 0. The van der Waals surface area contributed by atoms with Crippen LogP contribution >= 0.6 is 0 Å². The van der Waals surface area contributed by atoms with Crippen LogP contribution in [-0.4, -0.2) is 40.3 Å². The molecular formula is C23H22FN3O5S2. The molecule has 4 rings (SSSR count). The molecule has 0 amide bonds. The Labute approximate surface area is 197 Å². The van der Waals surface area contributed by atoms with Gasteiger partial charge in [-0.05, 0) is 59.7 Å². The molecule has 1 N–H and O–H groups in total. The van der Waals surface area contributed by atoms with Gasteiger partial charge in [0.05, 0.1) is 30.0 Å². The first kappa shape index (κ1) is 23.7. The van der Waals surface area contributed by atoms with Crippen molar-refractivity contribution in [2.24, 2.45) is 5.10 Å². The van der Waals surface area contributed by atoms with E-state index < -0.39 is 31.9 Å². The highest BCUT2D eigenvalue weighted by Gasteiger charge is 2.37. The fourth-order valence-electron chi connectivity index (χ4n) is 3.65. The molecule has 0 saturated heterocycles. The first-order valence-electron chi connectivity index (χ1n) is 10.2. The maximum Gasteiger partial charge on any atom is 0.279 e. The van der Waals surface area contributed by atoms with Crippen molar-refractivity contribution in [1.29, 1.82) is 0 Å². The number of hydrogen-bond acceptors (Lipinski definition) is 6. The SMILES string of the molecule is COc1ccc(S(=O)(=O)N2N=C(c3cccc(NS(C)(=O)=O)c3)CC2c2ccc(F)cc2)cc1. The number of sulfonamides is 2. The Hall–Kier alpha value is -3.44. The smallest absolute Gasteiger partial charge is 0.279 e. The maximum atomic E-state index is 13.5. The number of ether oxygens (including phenoxy) is 1. The van der Waals surface area contributed by atoms with Crippen LogP contribution in [0.2, 0.25) is 0 Å². The van der Waals surface area contributed by atoms with Gasteiger partial charge in [0.2, 0.25) is 10.0 Å². The van der Waals surface area contributed by atoms with Crippen LogP contribution in [0.15, 0.2) is 82.8 Å². The maximum absolute atomic E-state index is 13.5. The van der Waals surface area contributed by atoms with Gasteiger partial charge in [0, 0.05) is 12.1 Å². The molecule has 3 aromatic rings. The molecule has 1 atom stereocenters. The van der Waals surface area contributed by atoms with E-state index >= 15 is 0 Å². The molecule has 0 fully saturated rings. The monoisotopic (exact) mass is 503 g/mol. The Morgan fingerprint density at radius 3 is 2.29 bits per heavy atom. The molecule has 11 heteroatoms. The largest absolute Gasteiger partial charge is 0.497 e. The van der Waals surface area contributed by atoms with Crippen molar-refractivity contribution in [2.45, 2.75) is 17.4 Å². The van der Waals surface area contributed by atoms with Crippen LogP contribution in [-0.2, 0) is 20.0 Å². The van der Waals surface area contributed by atoms with E-state index in [-0.39, 0.29) is 11.3 Å². The summed E-state index contributed by atoms with van der Waals surface area (Å²) in [6, 6.07) is 17.4. The van der Waals surface area contributed by atoms with Crippen molar-refractivity contribution in [3.8, 4) is 5.75 Å². The third-order valence-corrected chi connectivity index (χ3v) is 7.53. The van der Waals surface area contributed by atoms with E-state index in [1.807, 2.05) is 0 Å². The lowest BCUT2D eigenvalue weighted by Gasteiger charge is -2.23. The van der Waals surface area contributed by atoms with Gasteiger partial charge in [0.15, 0.2) is 0 Å². The van der Waals surface area contributed by atoms with E-state index in [0.29, 0.717) is 28.3 Å². The van der Waals surface area contributed by atoms with Gasteiger partial charge in [-0.1, -0.05) is 24.3 Å². The number of halogens is 1. The van der Waals surface area contributed by atoms with Crippen molar-refractivity contribution < 1.29 is 26.0 Å². The van der Waals surface area contributed by atoms with Gasteiger partial charge in [0.25, 0.3) is 10.0 Å². The lowest BCUT2D eigenvalue weighted by molar-refractivity contribution is 0.371. The molecule has 34 heavy (non-hydrogen) atoms. The fourth-order valence-corrected chi connectivity index (χ4v) is 5.64. The number of benzene rings is 3. The van der Waals surface area contributed by atoms with Crippen molar-refractivity contribution in [1.82, 2.24) is 4.41 Å². The zero-order chi connectivity index (χ0) is 24.5. The lowest BCUT2D eigenvalue weighted by atomic mass is 9.99. The second-order valence-corrected chi connectivity index (χ2v) is 11.3. The summed E-state index contributed by atoms with van der Waals surface area (Å²) in [6.45, 7) is 0. The van der Waals surface area contributed by atoms with Gasteiger partial charge in [-0.15, -0.1) is 0 Å². The fraction of sp³-hybridized carbons (Fsp3) is 0.174. The first-order valence-corrected chi connectivity index (χ1v) is 13.5. The molecule has 0 radical (unpaired) electrons. The minimum absolute atomic E-state index is 0.0258. The zero-order valence-corrected chi connectivity index (χ0v) is 20.0. The molecule has 0 spiro atoms. The molecule has 8 nitrogen and oxygen atoms in total. The number of hydrazone groups is 1. The summed E-state index contributed by atoms with van der Waals surface area (Å²) in [4.78, 5) is 0.0258. The minimum Gasteiger partial charge on any atom is -0.497 e. The van der Waals surface area contributed by atoms with E-state index in [4.69, 9.17) is 4.74 Å². The summed E-state index contributed by atoms with van der Waals surface area (Å²) in [7, 11) is -6.07. The van der Waals surface area contributed by atoms with Gasteiger partial charge in [0.1, 0.15) is 11.6 Å². The lowest BCUT2D eigenvalue weighted by Crippen LogP contribution is -2.27. The van der Waals surface area contributed by atoms with E-state index in [2.05, 4.69) is 9.82 Å². The van der Waals surface area contributed by atoms with Crippen LogP contribution in [0.4, 0.5) is 10.1 Å². The first-order chi connectivity index (χ1) is 16.1. The molecular weight excluding hydrogens is 481 g/mol. The van der Waals surface area contributed by atoms with E-state index in [1.165, 1.54) is 43.5 Å². The van der Waals surface area contributed by atoms with E-state index in [1.54, 1.807) is 36.4 Å². The normalized spacial score (nSPS) is 16.3. The molecule has 0 bridgehead atoms. The van der Waals surface area contributed by atoms with Crippen molar-refractivity contribution >= 4 is 31.4 Å². The topological polar surface area (TPSA) is 105 Å². The van der Waals surface area contributed by atoms with E-state index in [0.717, 1.165) is 10.7 Å². The van der Waals surface area contributed by atoms with Crippen LogP contribution in [0, 0.1) is 5.82 Å². The third kappa shape index (κ3) is 5.05. The van der Waals surface area contributed by atoms with Gasteiger partial charge in [-0.3, -0.25) is 4.72 Å². The van der Waals surface area contributed by atoms with Crippen molar-refractivity contribution in [3.05, 3.63) is 89.7 Å². The number of rotatable bonds is 7. The highest BCUT2D eigenvalue weighted by atomic mass is 32.2. The predicted octanol–water partition coefficient (Wildman–Crippen LogP) is 3.75. The summed E-state index contributed by atoms with van der Waals surface area (Å²) in [6.07, 6.45) is 1.25. The van der Waals surface area contributed by atoms with Gasteiger partial charge >= 0.3 is 0 Å². The number of hydrogen-bond donors (Lipinski definition) is 1. The Balaban J connectivity index is 1.77. The third-order valence-electron chi connectivity index (χ3n) is 5.23. The zero-order valence-electron chi connectivity index (χ0n) is 18.3. The van der Waals surface area contributed by atoms with Crippen LogP contribution in [0.3, 0.4) is 0 Å². The molecule has 0 saturated carbocycles. The Kier molecular flexibility index (Phi) is 6.32. The highest BCUT2D eigenvalue weighted by Crippen LogP contribution is 2.37. The number of anilines is 1. The van der Waals surface area contributed by atoms with Crippen molar-refractivity contribution in [2.75, 3.05) is 18.1 Å². The van der Waals surface area contributed by atoms with Crippen LogP contribution < -0.4 is 9.46 Å². The number of methoxy groups -OCH3 is 1. The van der Waals surface area contributed by atoms with Crippen LogP contribution in [0.5, 0.6) is 5.75 Å². The average molecular weight is 504 g/mol. The summed E-state index contributed by atoms with van der Waals surface area (Å²) in [5.74, 6) is 0.0711. The standard InChI is InChI=1S/C23H22FN3O5S2/c1-32-20-10-12-21(13-11-20)34(30,31)27-23(16-6-8-18(24)9-7-16)15-22(25-27)17-4-3-5-19(14-17)26-33(2,28)29/h3-14,23,26H,15H2,1-2H3. The highest BCUT2D eigenvalue weighted by molar-refractivity contribution is 7.92. The van der Waals surface area contributed by atoms with Crippen molar-refractivity contribution in [3.63, 3.8) is 0 Å². The van der Waals surface area contributed by atoms with Gasteiger partial charge in [-0.25, -0.2) is 12.8 Å². The van der Waals surface area contributed by atoms with Gasteiger partial charge < -0.3 is 4.74 Å². The second kappa shape index (κ2) is 9.07. The predicted molar refractivity (Wildman–Crippen MR) is 127 cm³/mol. The molecule has 1 aliphatic rings. The van der Waals surface area contributed by atoms with Gasteiger partial charge in [-0.2, -0.15) is 17.9 Å². The molecule has 1 aliphatic heterocycles. The van der Waals surface area contributed by atoms with Crippen LogP contribution in [0.25, 0.3) is 0 Å². The second-order valence-electron chi connectivity index (χ2n) is 7.73. The molecule has 0 aromatic heterocycles. The summed E-state index contributed by atoms with van der Waals surface area (Å²) in [5.41, 5.74) is 1.91. The Bertz CT molecular complexity index is 1440.